The number of aryl methyl sites for hydroxylation is 2. The first-order valence-electron chi connectivity index (χ1n) is 11.1. The maximum Gasteiger partial charge on any atom is 0.235 e. The van der Waals surface area contributed by atoms with Gasteiger partial charge in [-0.3, -0.25) is 4.79 Å². The van der Waals surface area contributed by atoms with Gasteiger partial charge in [0.1, 0.15) is 11.1 Å². The zero-order valence-corrected chi connectivity index (χ0v) is 20.9. The van der Waals surface area contributed by atoms with Gasteiger partial charge in [-0.2, -0.15) is 5.26 Å². The molecule has 0 saturated carbocycles. The standard InChI is InChI=1S/C23H27N5OS3/c1-3-10-28-21(15-11-16(4-2)30-13-15)26-27-23(28)31-14-20(29)25-22-18(12-24)17-8-6-5-7-9-19(17)32-22/h11,13H,3-10,14H2,1-2H3,(H,25,29). The smallest absolute Gasteiger partial charge is 0.235 e. The van der Waals surface area contributed by atoms with E-state index in [1.165, 1.54) is 27.9 Å². The van der Waals surface area contributed by atoms with Crippen LogP contribution in [0.3, 0.4) is 0 Å². The van der Waals surface area contributed by atoms with Crippen LogP contribution in [0.25, 0.3) is 11.4 Å². The Kier molecular flexibility index (Phi) is 7.66. The highest BCUT2D eigenvalue weighted by atomic mass is 32.2. The molecule has 0 aromatic carbocycles. The van der Waals surface area contributed by atoms with E-state index in [-0.39, 0.29) is 11.7 Å². The lowest BCUT2D eigenvalue weighted by Crippen LogP contribution is -2.14. The second-order valence-electron chi connectivity index (χ2n) is 7.83. The third kappa shape index (κ3) is 4.92. The highest BCUT2D eigenvalue weighted by molar-refractivity contribution is 7.99. The van der Waals surface area contributed by atoms with Crippen LogP contribution in [0.4, 0.5) is 5.00 Å². The molecule has 0 aliphatic heterocycles. The van der Waals surface area contributed by atoms with Crippen molar-refractivity contribution in [3.05, 3.63) is 32.3 Å². The van der Waals surface area contributed by atoms with Gasteiger partial charge in [-0.15, -0.1) is 32.9 Å². The fourth-order valence-electron chi connectivity index (χ4n) is 3.96. The third-order valence-electron chi connectivity index (χ3n) is 5.54. The number of nitrogens with zero attached hydrogens (tertiary/aromatic N) is 4. The van der Waals surface area contributed by atoms with E-state index >= 15 is 0 Å². The van der Waals surface area contributed by atoms with Gasteiger partial charge in [0.2, 0.25) is 5.91 Å². The normalized spacial score (nSPS) is 13.4. The molecule has 1 N–H and O–H groups in total. The molecule has 0 atom stereocenters. The molecule has 1 aliphatic rings. The minimum Gasteiger partial charge on any atom is -0.316 e. The average molecular weight is 486 g/mol. The number of amides is 1. The number of hydrogen-bond donors (Lipinski definition) is 1. The van der Waals surface area contributed by atoms with E-state index in [0.29, 0.717) is 10.6 Å². The number of hydrogen-bond acceptors (Lipinski definition) is 7. The summed E-state index contributed by atoms with van der Waals surface area (Å²) >= 11 is 4.71. The summed E-state index contributed by atoms with van der Waals surface area (Å²) in [6, 6.07) is 4.50. The number of fused-ring (bicyclic) bond motifs is 1. The first kappa shape index (κ1) is 23.0. The summed E-state index contributed by atoms with van der Waals surface area (Å²) in [6.45, 7) is 5.08. The molecule has 9 heteroatoms. The number of carbonyl (C=O) groups excluding carboxylic acids is 1. The lowest BCUT2D eigenvalue weighted by Gasteiger charge is -2.08. The maximum atomic E-state index is 12.7. The number of aromatic nitrogens is 3. The van der Waals surface area contributed by atoms with Crippen molar-refractivity contribution in [2.75, 3.05) is 11.1 Å². The zero-order valence-electron chi connectivity index (χ0n) is 18.4. The van der Waals surface area contributed by atoms with E-state index in [9.17, 15) is 10.1 Å². The SMILES string of the molecule is CCCn1c(SCC(=O)Nc2sc3c(c2C#N)CCCCC3)nnc1-c1csc(CC)c1. The molecule has 0 bridgehead atoms. The summed E-state index contributed by atoms with van der Waals surface area (Å²) in [5.74, 6) is 0.984. The quantitative estimate of drug-likeness (QED) is 0.317. The molecule has 3 aromatic rings. The van der Waals surface area contributed by atoms with E-state index in [1.807, 2.05) is 0 Å². The van der Waals surface area contributed by atoms with Gasteiger partial charge in [-0.05, 0) is 50.2 Å². The molecule has 0 saturated heterocycles. The molecule has 1 aliphatic carbocycles. The lowest BCUT2D eigenvalue weighted by molar-refractivity contribution is -0.113. The summed E-state index contributed by atoms with van der Waals surface area (Å²) < 4.78 is 2.10. The summed E-state index contributed by atoms with van der Waals surface area (Å²) in [4.78, 5) is 15.3. The first-order chi connectivity index (χ1) is 15.6. The van der Waals surface area contributed by atoms with Crippen molar-refractivity contribution in [1.29, 1.82) is 5.26 Å². The van der Waals surface area contributed by atoms with Crippen molar-refractivity contribution in [3.63, 3.8) is 0 Å². The molecular weight excluding hydrogens is 458 g/mol. The van der Waals surface area contributed by atoms with Crippen molar-refractivity contribution < 1.29 is 4.79 Å². The van der Waals surface area contributed by atoms with Gasteiger partial charge >= 0.3 is 0 Å². The Bertz CT molecular complexity index is 1140. The first-order valence-corrected chi connectivity index (χ1v) is 13.8. The number of rotatable bonds is 8. The molecule has 3 heterocycles. The molecular formula is C23H27N5OS3. The predicted octanol–water partition coefficient (Wildman–Crippen LogP) is 5.91. The van der Waals surface area contributed by atoms with E-state index in [4.69, 9.17) is 0 Å². The molecule has 168 valence electrons. The van der Waals surface area contributed by atoms with Gasteiger partial charge in [-0.1, -0.05) is 32.0 Å². The fourth-order valence-corrected chi connectivity index (χ4v) is 6.79. The maximum absolute atomic E-state index is 12.7. The monoisotopic (exact) mass is 485 g/mol. The van der Waals surface area contributed by atoms with Gasteiger partial charge in [0.05, 0.1) is 11.3 Å². The third-order valence-corrected chi connectivity index (χ3v) is 8.80. The van der Waals surface area contributed by atoms with Crippen LogP contribution in [0.2, 0.25) is 0 Å². The molecule has 0 unspecified atom stereocenters. The second kappa shape index (κ2) is 10.6. The van der Waals surface area contributed by atoms with Gasteiger partial charge in [-0.25, -0.2) is 0 Å². The van der Waals surface area contributed by atoms with E-state index in [1.54, 1.807) is 22.7 Å². The topological polar surface area (TPSA) is 83.6 Å². The van der Waals surface area contributed by atoms with Gasteiger partial charge in [0.15, 0.2) is 11.0 Å². The Morgan fingerprint density at radius 2 is 2.12 bits per heavy atom. The predicted molar refractivity (Wildman–Crippen MR) is 133 cm³/mol. The van der Waals surface area contributed by atoms with Crippen LogP contribution in [-0.4, -0.2) is 26.4 Å². The highest BCUT2D eigenvalue weighted by Gasteiger charge is 2.22. The van der Waals surface area contributed by atoms with Crippen LogP contribution in [0, 0.1) is 11.3 Å². The summed E-state index contributed by atoms with van der Waals surface area (Å²) in [7, 11) is 0. The van der Waals surface area contributed by atoms with Gasteiger partial charge in [0.25, 0.3) is 0 Å². The van der Waals surface area contributed by atoms with Crippen molar-refractivity contribution in [3.8, 4) is 17.5 Å². The summed E-state index contributed by atoms with van der Waals surface area (Å²) in [5.41, 5.74) is 2.89. The van der Waals surface area contributed by atoms with Crippen LogP contribution in [0.1, 0.15) is 60.4 Å². The number of anilines is 1. The number of thiophene rings is 2. The van der Waals surface area contributed by atoms with Crippen molar-refractivity contribution >= 4 is 45.3 Å². The van der Waals surface area contributed by atoms with Crippen LogP contribution in [0.15, 0.2) is 16.6 Å². The number of carbonyl (C=O) groups is 1. The van der Waals surface area contributed by atoms with E-state index in [2.05, 4.69) is 51.4 Å². The van der Waals surface area contributed by atoms with E-state index in [0.717, 1.165) is 67.2 Å². The average Bonchev–Trinajstić information content (AvgIpc) is 3.46. The Labute approximate surface area is 201 Å². The van der Waals surface area contributed by atoms with Crippen LogP contribution in [0.5, 0.6) is 0 Å². The Balaban J connectivity index is 1.46. The van der Waals surface area contributed by atoms with Crippen LogP contribution < -0.4 is 5.32 Å². The molecule has 4 rings (SSSR count). The second-order valence-corrected chi connectivity index (χ2v) is 10.9. The number of nitriles is 1. The van der Waals surface area contributed by atoms with E-state index < -0.39 is 0 Å². The van der Waals surface area contributed by atoms with Crippen molar-refractivity contribution in [2.24, 2.45) is 0 Å². The molecule has 32 heavy (non-hydrogen) atoms. The molecule has 0 spiro atoms. The molecule has 3 aromatic heterocycles. The van der Waals surface area contributed by atoms with Crippen LogP contribution in [-0.2, 0) is 30.6 Å². The molecule has 0 fully saturated rings. The Morgan fingerprint density at radius 3 is 2.88 bits per heavy atom. The lowest BCUT2D eigenvalue weighted by atomic mass is 10.1. The molecule has 0 radical (unpaired) electrons. The highest BCUT2D eigenvalue weighted by Crippen LogP contribution is 2.37. The Hall–Kier alpha value is -2.15. The molecule has 1 amide bonds. The Morgan fingerprint density at radius 1 is 1.28 bits per heavy atom. The summed E-state index contributed by atoms with van der Waals surface area (Å²) in [5, 5.41) is 25.0. The van der Waals surface area contributed by atoms with Gasteiger partial charge < -0.3 is 9.88 Å². The minimum atomic E-state index is -0.112. The summed E-state index contributed by atoms with van der Waals surface area (Å²) in [6.07, 6.45) is 7.38. The largest absolute Gasteiger partial charge is 0.316 e. The molecule has 6 nitrogen and oxygen atoms in total. The number of nitrogens with one attached hydrogen (secondary N) is 1. The van der Waals surface area contributed by atoms with Crippen LogP contribution >= 0.6 is 34.4 Å². The van der Waals surface area contributed by atoms with Crippen molar-refractivity contribution in [2.45, 2.75) is 70.5 Å². The van der Waals surface area contributed by atoms with Gasteiger partial charge in [0, 0.05) is 27.2 Å². The zero-order chi connectivity index (χ0) is 22.5. The van der Waals surface area contributed by atoms with Crippen molar-refractivity contribution in [1.82, 2.24) is 14.8 Å². The fraction of sp³-hybridized carbons (Fsp3) is 0.478. The minimum absolute atomic E-state index is 0.112. The number of thioether (sulfide) groups is 1.